The van der Waals surface area contributed by atoms with Crippen molar-refractivity contribution in [1.82, 2.24) is 10.2 Å². The molecular formula is C19H24N2O4S. The molecule has 0 radical (unpaired) electrons. The van der Waals surface area contributed by atoms with E-state index in [1.165, 1.54) is 4.90 Å². The predicted molar refractivity (Wildman–Crippen MR) is 103 cm³/mol. The van der Waals surface area contributed by atoms with Gasteiger partial charge in [0.2, 0.25) is 0 Å². The van der Waals surface area contributed by atoms with E-state index in [1.807, 2.05) is 39.2 Å². The number of nitrogens with one attached hydrogen (secondary N) is 1. The van der Waals surface area contributed by atoms with E-state index < -0.39 is 12.1 Å². The molecule has 3 amide bonds. The number of hydrogen-bond acceptors (Lipinski definition) is 5. The molecule has 1 fully saturated rings. The Kier molecular flexibility index (Phi) is 5.18. The Labute approximate surface area is 157 Å². The Morgan fingerprint density at radius 1 is 1.35 bits per heavy atom. The van der Waals surface area contributed by atoms with Gasteiger partial charge in [0.15, 0.2) is 11.3 Å². The Balaban J connectivity index is 1.97. The number of aryl methyl sites for hydroxylation is 2. The van der Waals surface area contributed by atoms with Crippen molar-refractivity contribution in [2.75, 3.05) is 19.1 Å². The molecule has 140 valence electrons. The van der Waals surface area contributed by atoms with E-state index in [1.54, 1.807) is 18.9 Å². The van der Waals surface area contributed by atoms with E-state index in [0.29, 0.717) is 23.5 Å². The summed E-state index contributed by atoms with van der Waals surface area (Å²) in [4.78, 5) is 26.4. The lowest BCUT2D eigenvalue weighted by molar-refractivity contribution is -0.129. The van der Waals surface area contributed by atoms with Crippen LogP contribution >= 0.6 is 11.8 Å². The lowest BCUT2D eigenvalue weighted by Gasteiger charge is -2.20. The van der Waals surface area contributed by atoms with E-state index in [9.17, 15) is 9.59 Å². The molecule has 1 aliphatic heterocycles. The fraction of sp³-hybridized carbons (Fsp3) is 0.474. The van der Waals surface area contributed by atoms with Gasteiger partial charge in [-0.25, -0.2) is 4.79 Å². The van der Waals surface area contributed by atoms with Crippen LogP contribution in [0.4, 0.5) is 4.79 Å². The lowest BCUT2D eigenvalue weighted by atomic mass is 10.1. The van der Waals surface area contributed by atoms with Crippen LogP contribution in [0.5, 0.6) is 5.75 Å². The van der Waals surface area contributed by atoms with Crippen LogP contribution in [0, 0.1) is 13.8 Å². The van der Waals surface area contributed by atoms with Gasteiger partial charge >= 0.3 is 6.03 Å². The average molecular weight is 376 g/mol. The van der Waals surface area contributed by atoms with Crippen LogP contribution in [-0.4, -0.2) is 42.0 Å². The summed E-state index contributed by atoms with van der Waals surface area (Å²) in [5.74, 6) is 1.88. The monoisotopic (exact) mass is 376 g/mol. The number of nitrogens with zero attached hydrogens (tertiary/aromatic N) is 1. The number of urea groups is 1. The zero-order valence-electron chi connectivity index (χ0n) is 15.7. The molecule has 2 unspecified atom stereocenters. The first-order chi connectivity index (χ1) is 12.4. The minimum Gasteiger partial charge on any atom is -0.493 e. The summed E-state index contributed by atoms with van der Waals surface area (Å²) in [5, 5.41) is 3.72. The number of benzene rings is 1. The van der Waals surface area contributed by atoms with Gasteiger partial charge in [-0.3, -0.25) is 9.69 Å². The maximum atomic E-state index is 12.7. The van der Waals surface area contributed by atoms with E-state index in [2.05, 4.69) is 5.32 Å². The Morgan fingerprint density at radius 2 is 2.08 bits per heavy atom. The van der Waals surface area contributed by atoms with Crippen LogP contribution in [0.1, 0.15) is 36.3 Å². The van der Waals surface area contributed by atoms with Gasteiger partial charge in [-0.15, -0.1) is 0 Å². The molecule has 2 heterocycles. The first-order valence-electron chi connectivity index (χ1n) is 8.59. The molecule has 7 heteroatoms. The van der Waals surface area contributed by atoms with Crippen LogP contribution in [0.2, 0.25) is 0 Å². The van der Waals surface area contributed by atoms with Crippen molar-refractivity contribution in [2.45, 2.75) is 39.3 Å². The van der Waals surface area contributed by atoms with Crippen molar-refractivity contribution in [3.05, 3.63) is 29.0 Å². The molecule has 0 spiro atoms. The second kappa shape index (κ2) is 7.23. The zero-order chi connectivity index (χ0) is 19.0. The average Bonchev–Trinajstić information content (AvgIpc) is 3.08. The number of rotatable bonds is 6. The Morgan fingerprint density at radius 3 is 2.73 bits per heavy atom. The first-order valence-corrected chi connectivity index (χ1v) is 9.98. The van der Waals surface area contributed by atoms with Gasteiger partial charge < -0.3 is 14.5 Å². The summed E-state index contributed by atoms with van der Waals surface area (Å²) in [7, 11) is 1.60. The molecule has 3 rings (SSSR count). The zero-order valence-corrected chi connectivity index (χ0v) is 16.5. The summed E-state index contributed by atoms with van der Waals surface area (Å²) in [6.07, 6.45) is 2.61. The molecule has 0 saturated carbocycles. The number of imide groups is 1. The second-order valence-corrected chi connectivity index (χ2v) is 7.59. The van der Waals surface area contributed by atoms with Gasteiger partial charge in [-0.05, 0) is 56.9 Å². The molecule has 2 aromatic rings. The van der Waals surface area contributed by atoms with Crippen LogP contribution < -0.4 is 10.1 Å². The summed E-state index contributed by atoms with van der Waals surface area (Å²) < 4.78 is 11.5. The second-order valence-electron chi connectivity index (χ2n) is 6.60. The lowest BCUT2D eigenvalue weighted by Crippen LogP contribution is -2.34. The topological polar surface area (TPSA) is 71.8 Å². The maximum Gasteiger partial charge on any atom is 0.325 e. The largest absolute Gasteiger partial charge is 0.493 e. The molecule has 0 aliphatic carbocycles. The molecule has 1 aromatic carbocycles. The molecule has 6 nitrogen and oxygen atoms in total. The fourth-order valence-corrected chi connectivity index (χ4v) is 3.93. The Hall–Kier alpha value is -2.15. The molecule has 0 bridgehead atoms. The van der Waals surface area contributed by atoms with Gasteiger partial charge in [0, 0.05) is 10.9 Å². The smallest absolute Gasteiger partial charge is 0.325 e. The minimum atomic E-state index is -0.487. The van der Waals surface area contributed by atoms with Gasteiger partial charge in [0.05, 0.1) is 13.2 Å². The maximum absolute atomic E-state index is 12.7. The van der Waals surface area contributed by atoms with Crippen LogP contribution in [0.25, 0.3) is 11.0 Å². The van der Waals surface area contributed by atoms with Gasteiger partial charge in [0.25, 0.3) is 5.91 Å². The van der Waals surface area contributed by atoms with Crippen molar-refractivity contribution in [3.8, 4) is 5.75 Å². The normalized spacial score (nSPS) is 18.5. The quantitative estimate of drug-likeness (QED) is 0.777. The number of furan rings is 1. The van der Waals surface area contributed by atoms with E-state index >= 15 is 0 Å². The third-order valence-corrected chi connectivity index (χ3v) is 5.48. The van der Waals surface area contributed by atoms with Crippen LogP contribution in [0.3, 0.4) is 0 Å². The molecule has 1 N–H and O–H groups in total. The summed E-state index contributed by atoms with van der Waals surface area (Å²) in [6, 6.07) is 2.63. The van der Waals surface area contributed by atoms with Crippen molar-refractivity contribution in [2.24, 2.45) is 0 Å². The van der Waals surface area contributed by atoms with E-state index in [0.717, 1.165) is 22.3 Å². The van der Waals surface area contributed by atoms with Crippen molar-refractivity contribution in [3.63, 3.8) is 0 Å². The number of ether oxygens (including phenoxy) is 1. The van der Waals surface area contributed by atoms with Gasteiger partial charge in [-0.1, -0.05) is 0 Å². The summed E-state index contributed by atoms with van der Waals surface area (Å²) >= 11 is 1.65. The van der Waals surface area contributed by atoms with Crippen LogP contribution in [-0.2, 0) is 4.79 Å². The third-order valence-electron chi connectivity index (χ3n) is 4.83. The highest BCUT2D eigenvalue weighted by molar-refractivity contribution is 7.98. The van der Waals surface area contributed by atoms with Crippen LogP contribution in [0.15, 0.2) is 16.5 Å². The number of fused-ring (bicyclic) bond motifs is 1. The third kappa shape index (κ3) is 3.05. The highest BCUT2D eigenvalue weighted by Gasteiger charge is 2.42. The number of methoxy groups -OCH3 is 1. The minimum absolute atomic E-state index is 0.195. The molecule has 26 heavy (non-hydrogen) atoms. The Bertz CT molecular complexity index is 861. The van der Waals surface area contributed by atoms with Gasteiger partial charge in [-0.2, -0.15) is 11.8 Å². The van der Waals surface area contributed by atoms with Crippen molar-refractivity contribution >= 4 is 34.7 Å². The molecular weight excluding hydrogens is 352 g/mol. The molecule has 1 saturated heterocycles. The molecule has 1 aromatic heterocycles. The van der Waals surface area contributed by atoms with Crippen molar-refractivity contribution < 1.29 is 18.7 Å². The standard InChI is InChI=1S/C19H24N2O4S/c1-10-8-13-11(2)16(25-17(13)15(9-10)24-4)12(3)21-18(22)14(6-7-26-5)20-19(21)23/h8-9,12,14H,6-7H2,1-5H3,(H,20,23). The number of hydrogen-bond donors (Lipinski definition) is 1. The number of carbonyl (C=O) groups excluding carboxylic acids is 2. The van der Waals surface area contributed by atoms with Gasteiger partial charge in [0.1, 0.15) is 11.8 Å². The summed E-state index contributed by atoms with van der Waals surface area (Å²) in [5.41, 5.74) is 2.62. The highest BCUT2D eigenvalue weighted by Crippen LogP contribution is 2.38. The molecule has 2 atom stereocenters. The highest BCUT2D eigenvalue weighted by atomic mass is 32.2. The number of thioether (sulfide) groups is 1. The fourth-order valence-electron chi connectivity index (χ4n) is 3.46. The first kappa shape index (κ1) is 18.6. The van der Waals surface area contributed by atoms with E-state index in [-0.39, 0.29) is 11.9 Å². The number of carbonyl (C=O) groups is 2. The molecule has 1 aliphatic rings. The predicted octanol–water partition coefficient (Wildman–Crippen LogP) is 3.79. The van der Waals surface area contributed by atoms with E-state index in [4.69, 9.17) is 9.15 Å². The number of amides is 3. The summed E-state index contributed by atoms with van der Waals surface area (Å²) in [6.45, 7) is 5.75. The van der Waals surface area contributed by atoms with Crippen molar-refractivity contribution in [1.29, 1.82) is 0 Å². The SMILES string of the molecule is COc1cc(C)cc2c(C)c(C(C)N3C(=O)NC(CCSC)C3=O)oc12.